The zero-order valence-electron chi connectivity index (χ0n) is 7.07. The molecule has 0 unspecified atom stereocenters. The molecular weight excluding hydrogens is 172 g/mol. The fraction of sp³-hybridized carbons (Fsp3) is 0.250. The van der Waals surface area contributed by atoms with Gasteiger partial charge in [-0.15, -0.1) is 0 Å². The Kier molecular flexibility index (Phi) is 2.69. The van der Waals surface area contributed by atoms with Crippen LogP contribution in [0.1, 0.15) is 6.92 Å². The number of aromatic amines is 1. The van der Waals surface area contributed by atoms with Gasteiger partial charge in [0.15, 0.2) is 0 Å². The molecule has 1 rings (SSSR count). The van der Waals surface area contributed by atoms with Crippen molar-refractivity contribution in [1.82, 2.24) is 4.98 Å². The summed E-state index contributed by atoms with van der Waals surface area (Å²) in [6.45, 7) is 1.49. The highest BCUT2D eigenvalue weighted by Crippen LogP contribution is 1.99. The van der Waals surface area contributed by atoms with E-state index in [1.54, 1.807) is 12.1 Å². The van der Waals surface area contributed by atoms with E-state index >= 15 is 0 Å². The van der Waals surface area contributed by atoms with Gasteiger partial charge in [-0.25, -0.2) is 0 Å². The number of hydrogen-bond acceptors (Lipinski definition) is 3. The van der Waals surface area contributed by atoms with E-state index in [-0.39, 0.29) is 5.56 Å². The lowest BCUT2D eigenvalue weighted by molar-refractivity contribution is -0.137. The number of carboxylic acid groups (broad SMARTS) is 1. The van der Waals surface area contributed by atoms with Crippen molar-refractivity contribution in [2.75, 3.05) is 5.32 Å². The van der Waals surface area contributed by atoms with Crippen LogP contribution in [-0.2, 0) is 4.79 Å². The summed E-state index contributed by atoms with van der Waals surface area (Å²) in [5, 5.41) is 11.2. The van der Waals surface area contributed by atoms with E-state index in [0.717, 1.165) is 0 Å². The van der Waals surface area contributed by atoms with Crippen LogP contribution < -0.4 is 10.9 Å². The van der Waals surface area contributed by atoms with Crippen molar-refractivity contribution in [3.8, 4) is 0 Å². The maximum absolute atomic E-state index is 10.8. The van der Waals surface area contributed by atoms with Gasteiger partial charge in [0.2, 0.25) is 5.56 Å². The van der Waals surface area contributed by atoms with E-state index in [2.05, 4.69) is 10.3 Å². The van der Waals surface area contributed by atoms with Crippen molar-refractivity contribution < 1.29 is 9.90 Å². The molecule has 0 radical (unpaired) electrons. The molecule has 1 aromatic heterocycles. The van der Waals surface area contributed by atoms with Gasteiger partial charge in [0, 0.05) is 6.07 Å². The smallest absolute Gasteiger partial charge is 0.325 e. The molecule has 0 saturated carbocycles. The van der Waals surface area contributed by atoms with Crippen molar-refractivity contribution in [2.45, 2.75) is 13.0 Å². The molecule has 1 atom stereocenters. The molecule has 13 heavy (non-hydrogen) atoms. The van der Waals surface area contributed by atoms with Crippen LogP contribution in [0, 0.1) is 0 Å². The first-order valence-corrected chi connectivity index (χ1v) is 3.78. The summed E-state index contributed by atoms with van der Waals surface area (Å²) < 4.78 is 0. The third kappa shape index (κ3) is 2.62. The summed E-state index contributed by atoms with van der Waals surface area (Å²) in [6.07, 6.45) is 0. The minimum absolute atomic E-state index is 0.261. The highest BCUT2D eigenvalue weighted by atomic mass is 16.4. The maximum Gasteiger partial charge on any atom is 0.325 e. The number of carbonyl (C=O) groups is 1. The van der Waals surface area contributed by atoms with Gasteiger partial charge >= 0.3 is 5.97 Å². The van der Waals surface area contributed by atoms with Crippen LogP contribution >= 0.6 is 0 Å². The molecular formula is C8H10N2O3. The van der Waals surface area contributed by atoms with Gasteiger partial charge < -0.3 is 15.4 Å². The molecule has 0 bridgehead atoms. The van der Waals surface area contributed by atoms with Crippen molar-refractivity contribution in [1.29, 1.82) is 0 Å². The molecule has 3 N–H and O–H groups in total. The van der Waals surface area contributed by atoms with Crippen LogP contribution in [0.4, 0.5) is 5.82 Å². The zero-order valence-corrected chi connectivity index (χ0v) is 7.07. The molecule has 0 saturated heterocycles. The Morgan fingerprint density at radius 3 is 2.85 bits per heavy atom. The van der Waals surface area contributed by atoms with Gasteiger partial charge in [0.1, 0.15) is 11.9 Å². The third-order valence-corrected chi connectivity index (χ3v) is 1.51. The number of nitrogens with one attached hydrogen (secondary N) is 2. The SMILES string of the molecule is C[C@H](Nc1cccc(=O)[nH]1)C(=O)O. The normalized spacial score (nSPS) is 12.1. The largest absolute Gasteiger partial charge is 0.480 e. The summed E-state index contributed by atoms with van der Waals surface area (Å²) in [7, 11) is 0. The fourth-order valence-electron chi connectivity index (χ4n) is 0.827. The number of H-pyrrole nitrogens is 1. The average Bonchev–Trinajstić information content (AvgIpc) is 2.04. The maximum atomic E-state index is 10.8. The van der Waals surface area contributed by atoms with Gasteiger partial charge in [-0.3, -0.25) is 9.59 Å². The lowest BCUT2D eigenvalue weighted by Crippen LogP contribution is -2.26. The Morgan fingerprint density at radius 2 is 2.31 bits per heavy atom. The van der Waals surface area contributed by atoms with Gasteiger partial charge in [0.25, 0.3) is 0 Å². The molecule has 0 aromatic carbocycles. The number of carboxylic acids is 1. The molecule has 70 valence electrons. The highest BCUT2D eigenvalue weighted by molar-refractivity contribution is 5.76. The minimum Gasteiger partial charge on any atom is -0.480 e. The number of hydrogen-bond donors (Lipinski definition) is 3. The Balaban J connectivity index is 2.75. The quantitative estimate of drug-likeness (QED) is 0.626. The number of pyridine rings is 1. The molecule has 0 fully saturated rings. The number of anilines is 1. The molecule has 0 spiro atoms. The van der Waals surface area contributed by atoms with E-state index in [9.17, 15) is 9.59 Å². The topological polar surface area (TPSA) is 82.2 Å². The molecule has 5 nitrogen and oxygen atoms in total. The van der Waals surface area contributed by atoms with Gasteiger partial charge in [0.05, 0.1) is 0 Å². The summed E-state index contributed by atoms with van der Waals surface area (Å²) in [6, 6.07) is 3.78. The molecule has 5 heteroatoms. The minimum atomic E-state index is -0.968. The highest BCUT2D eigenvalue weighted by Gasteiger charge is 2.09. The standard InChI is InChI=1S/C8H10N2O3/c1-5(8(12)13)9-6-3-2-4-7(11)10-6/h2-5H,1H3,(H,12,13)(H2,9,10,11)/t5-/m0/s1. The van der Waals surface area contributed by atoms with E-state index < -0.39 is 12.0 Å². The predicted molar refractivity (Wildman–Crippen MR) is 47.8 cm³/mol. The number of aliphatic carboxylic acids is 1. The van der Waals surface area contributed by atoms with Crippen molar-refractivity contribution in [2.24, 2.45) is 0 Å². The van der Waals surface area contributed by atoms with Crippen molar-refractivity contribution >= 4 is 11.8 Å². The second-order valence-electron chi connectivity index (χ2n) is 2.63. The van der Waals surface area contributed by atoms with Gasteiger partial charge in [-0.05, 0) is 13.0 Å². The summed E-state index contributed by atoms with van der Waals surface area (Å²) in [4.78, 5) is 23.7. The average molecular weight is 182 g/mol. The number of aromatic nitrogens is 1. The first-order chi connectivity index (χ1) is 6.09. The second kappa shape index (κ2) is 3.75. The molecule has 0 amide bonds. The van der Waals surface area contributed by atoms with Crippen LogP contribution in [0.3, 0.4) is 0 Å². The second-order valence-corrected chi connectivity index (χ2v) is 2.63. The molecule has 0 aliphatic heterocycles. The Bertz CT molecular complexity index is 358. The van der Waals surface area contributed by atoms with Crippen LogP contribution in [0.5, 0.6) is 0 Å². The van der Waals surface area contributed by atoms with Crippen LogP contribution in [0.2, 0.25) is 0 Å². The van der Waals surface area contributed by atoms with E-state index in [1.165, 1.54) is 13.0 Å². The fourth-order valence-corrected chi connectivity index (χ4v) is 0.827. The van der Waals surface area contributed by atoms with E-state index in [4.69, 9.17) is 5.11 Å². The third-order valence-electron chi connectivity index (χ3n) is 1.51. The summed E-state index contributed by atoms with van der Waals surface area (Å²) >= 11 is 0. The molecule has 0 aliphatic carbocycles. The van der Waals surface area contributed by atoms with Crippen LogP contribution in [-0.4, -0.2) is 22.1 Å². The zero-order chi connectivity index (χ0) is 9.84. The Labute approximate surface area is 74.4 Å². The van der Waals surface area contributed by atoms with E-state index in [1.807, 2.05) is 0 Å². The lowest BCUT2D eigenvalue weighted by Gasteiger charge is -2.09. The van der Waals surface area contributed by atoms with E-state index in [0.29, 0.717) is 5.82 Å². The Hall–Kier alpha value is -1.78. The summed E-state index contributed by atoms with van der Waals surface area (Å²) in [5.74, 6) is -0.563. The van der Waals surface area contributed by atoms with Crippen LogP contribution in [0.15, 0.2) is 23.0 Å². The van der Waals surface area contributed by atoms with Crippen molar-refractivity contribution in [3.05, 3.63) is 28.6 Å². The lowest BCUT2D eigenvalue weighted by atomic mass is 10.3. The molecule has 1 heterocycles. The summed E-state index contributed by atoms with van der Waals surface area (Å²) in [5.41, 5.74) is -0.261. The predicted octanol–water partition coefficient (Wildman–Crippen LogP) is 0.260. The first-order valence-electron chi connectivity index (χ1n) is 3.78. The first kappa shape index (κ1) is 9.31. The molecule has 1 aromatic rings. The Morgan fingerprint density at radius 1 is 1.62 bits per heavy atom. The van der Waals surface area contributed by atoms with Crippen molar-refractivity contribution in [3.63, 3.8) is 0 Å². The van der Waals surface area contributed by atoms with Crippen LogP contribution in [0.25, 0.3) is 0 Å². The number of rotatable bonds is 3. The van der Waals surface area contributed by atoms with Gasteiger partial charge in [-0.1, -0.05) is 6.07 Å². The monoisotopic (exact) mass is 182 g/mol. The van der Waals surface area contributed by atoms with Gasteiger partial charge in [-0.2, -0.15) is 0 Å². The molecule has 0 aliphatic rings.